The molecule has 0 aliphatic rings. The first-order valence-corrected chi connectivity index (χ1v) is 9.26. The maximum absolute atomic E-state index is 13.0. The molecule has 0 amide bonds. The highest BCUT2D eigenvalue weighted by molar-refractivity contribution is 6.01. The minimum absolute atomic E-state index is 0.0608. The molecule has 7 heteroatoms. The molecule has 154 valence electrons. The first kappa shape index (κ1) is 21.1. The van der Waals surface area contributed by atoms with Crippen LogP contribution in [0.25, 0.3) is 5.69 Å². The fourth-order valence-electron chi connectivity index (χ4n) is 3.31. The number of benzene rings is 2. The second-order valence-corrected chi connectivity index (χ2v) is 6.72. The van der Waals surface area contributed by atoms with Crippen LogP contribution in [0.4, 0.5) is 8.78 Å². The Morgan fingerprint density at radius 1 is 1.07 bits per heavy atom. The molecule has 0 saturated heterocycles. The van der Waals surface area contributed by atoms with E-state index in [9.17, 15) is 18.8 Å². The first-order chi connectivity index (χ1) is 14.3. The molecular weight excluding hydrogens is 390 g/mol. The number of carbonyl (C=O) groups excluding carboxylic acids is 1. The zero-order chi connectivity index (χ0) is 21.8. The van der Waals surface area contributed by atoms with Crippen LogP contribution in [0.1, 0.15) is 34.2 Å². The van der Waals surface area contributed by atoms with E-state index in [1.54, 1.807) is 56.3 Å². The summed E-state index contributed by atoms with van der Waals surface area (Å²) in [6.07, 6.45) is -0.796. The monoisotopic (exact) mass is 410 g/mol. The summed E-state index contributed by atoms with van der Waals surface area (Å²) < 4.78 is 36.7. The Balaban J connectivity index is 1.85. The number of carbonyl (C=O) groups is 1. The van der Waals surface area contributed by atoms with Gasteiger partial charge in [-0.15, -0.1) is 0 Å². The van der Waals surface area contributed by atoms with Crippen molar-refractivity contribution in [2.24, 2.45) is 0 Å². The van der Waals surface area contributed by atoms with Crippen molar-refractivity contribution in [1.29, 1.82) is 5.26 Å². The summed E-state index contributed by atoms with van der Waals surface area (Å²) in [4.78, 5) is 13.0. The molecule has 1 atom stereocenters. The number of aryl methyl sites for hydroxylation is 1. The Kier molecular flexibility index (Phi) is 6.17. The number of ketones is 1. The van der Waals surface area contributed by atoms with Gasteiger partial charge in [0.25, 0.3) is 0 Å². The second-order valence-electron chi connectivity index (χ2n) is 6.72. The highest BCUT2D eigenvalue weighted by Crippen LogP contribution is 2.26. The molecule has 1 aromatic heterocycles. The normalized spacial score (nSPS) is 11.8. The van der Waals surface area contributed by atoms with E-state index < -0.39 is 12.7 Å². The number of para-hydroxylation sites is 1. The van der Waals surface area contributed by atoms with Gasteiger partial charge >= 0.3 is 6.61 Å². The van der Waals surface area contributed by atoms with Crippen LogP contribution >= 0.6 is 0 Å². The van der Waals surface area contributed by atoms with Crippen molar-refractivity contribution >= 4 is 5.78 Å². The van der Waals surface area contributed by atoms with E-state index in [1.807, 2.05) is 17.6 Å². The topological polar surface area (TPSA) is 64.2 Å². The summed E-state index contributed by atoms with van der Waals surface area (Å²) in [5.41, 5.74) is 3.07. The number of aromatic nitrogens is 1. The van der Waals surface area contributed by atoms with Crippen LogP contribution in [0.15, 0.2) is 54.6 Å². The van der Waals surface area contributed by atoms with E-state index in [-0.39, 0.29) is 11.5 Å². The van der Waals surface area contributed by atoms with Gasteiger partial charge in [0.15, 0.2) is 6.10 Å². The maximum atomic E-state index is 13.0. The van der Waals surface area contributed by atoms with E-state index in [2.05, 4.69) is 4.74 Å². The average molecular weight is 410 g/mol. The summed E-state index contributed by atoms with van der Waals surface area (Å²) in [5.74, 6) is 0.190. The number of nitriles is 1. The van der Waals surface area contributed by atoms with Crippen molar-refractivity contribution in [3.05, 3.63) is 77.1 Å². The highest BCUT2D eigenvalue weighted by Gasteiger charge is 2.23. The number of rotatable bonds is 7. The van der Waals surface area contributed by atoms with Crippen molar-refractivity contribution < 1.29 is 23.0 Å². The number of hydrogen-bond donors (Lipinski definition) is 0. The molecule has 0 unspecified atom stereocenters. The number of Topliss-reactive ketones (excluding diaryl/α,β-unsaturated/α-hetero) is 1. The molecule has 5 nitrogen and oxygen atoms in total. The van der Waals surface area contributed by atoms with Crippen molar-refractivity contribution in [2.45, 2.75) is 33.5 Å². The third kappa shape index (κ3) is 4.33. The predicted molar refractivity (Wildman–Crippen MR) is 107 cm³/mol. The Labute approximate surface area is 173 Å². The smallest absolute Gasteiger partial charge is 0.387 e. The van der Waals surface area contributed by atoms with Gasteiger partial charge in [-0.25, -0.2) is 0 Å². The number of halogens is 2. The third-order valence-corrected chi connectivity index (χ3v) is 4.70. The second kappa shape index (κ2) is 8.78. The molecule has 0 fully saturated rings. The van der Waals surface area contributed by atoms with Crippen LogP contribution < -0.4 is 9.47 Å². The summed E-state index contributed by atoms with van der Waals surface area (Å²) >= 11 is 0. The van der Waals surface area contributed by atoms with Crippen LogP contribution in [0, 0.1) is 25.2 Å². The first-order valence-electron chi connectivity index (χ1n) is 9.26. The van der Waals surface area contributed by atoms with Crippen molar-refractivity contribution in [1.82, 2.24) is 4.57 Å². The fourth-order valence-corrected chi connectivity index (χ4v) is 3.31. The molecular formula is C23H20F2N2O3. The summed E-state index contributed by atoms with van der Waals surface area (Å²) in [6, 6.07) is 16.7. The lowest BCUT2D eigenvalue weighted by atomic mass is 10.1. The lowest BCUT2D eigenvalue weighted by molar-refractivity contribution is -0.0498. The Bertz CT molecular complexity index is 1100. The minimum Gasteiger partial charge on any atom is -0.481 e. The Morgan fingerprint density at radius 3 is 2.37 bits per heavy atom. The van der Waals surface area contributed by atoms with E-state index in [0.717, 1.165) is 5.69 Å². The molecule has 0 aliphatic carbocycles. The van der Waals surface area contributed by atoms with Crippen molar-refractivity contribution in [2.75, 3.05) is 0 Å². The summed E-state index contributed by atoms with van der Waals surface area (Å²) in [7, 11) is 0. The van der Waals surface area contributed by atoms with E-state index in [0.29, 0.717) is 28.3 Å². The lowest BCUT2D eigenvalue weighted by Gasteiger charge is -2.15. The molecule has 3 aromatic rings. The quantitative estimate of drug-likeness (QED) is 0.501. The zero-order valence-corrected chi connectivity index (χ0v) is 16.7. The standard InChI is InChI=1S/C23H20F2N2O3/c1-14-12-20(22(28)16(3)29-21-7-5-4-6-17(21)13-26)15(2)27(14)18-8-10-19(11-9-18)30-23(24)25/h4-12,16,23H,1-3H3/t16-/m1/s1. The lowest BCUT2D eigenvalue weighted by Crippen LogP contribution is -2.24. The van der Waals surface area contributed by atoms with E-state index >= 15 is 0 Å². The van der Waals surface area contributed by atoms with Gasteiger partial charge in [0.2, 0.25) is 5.78 Å². The van der Waals surface area contributed by atoms with Crippen LogP contribution in [-0.4, -0.2) is 23.1 Å². The largest absolute Gasteiger partial charge is 0.481 e. The van der Waals surface area contributed by atoms with Crippen LogP contribution in [-0.2, 0) is 0 Å². The molecule has 0 radical (unpaired) electrons. The van der Waals surface area contributed by atoms with E-state index in [1.165, 1.54) is 12.1 Å². The van der Waals surface area contributed by atoms with Crippen LogP contribution in [0.3, 0.4) is 0 Å². The van der Waals surface area contributed by atoms with Gasteiger partial charge in [-0.2, -0.15) is 14.0 Å². The molecule has 1 heterocycles. The number of ether oxygens (including phenoxy) is 2. The molecule has 0 aliphatic heterocycles. The van der Waals surface area contributed by atoms with Gasteiger partial charge in [0.1, 0.15) is 17.6 Å². The molecule has 0 saturated carbocycles. The number of hydrogen-bond acceptors (Lipinski definition) is 4. The number of nitrogens with zero attached hydrogens (tertiary/aromatic N) is 2. The fraction of sp³-hybridized carbons (Fsp3) is 0.217. The van der Waals surface area contributed by atoms with Gasteiger partial charge in [0, 0.05) is 22.6 Å². The van der Waals surface area contributed by atoms with Gasteiger partial charge in [-0.05, 0) is 63.2 Å². The molecule has 0 bridgehead atoms. The SMILES string of the molecule is Cc1cc(C(=O)[C@@H](C)Oc2ccccc2C#N)c(C)n1-c1ccc(OC(F)F)cc1. The molecule has 0 N–H and O–H groups in total. The maximum Gasteiger partial charge on any atom is 0.387 e. The van der Waals surface area contributed by atoms with Gasteiger partial charge in [-0.3, -0.25) is 4.79 Å². The van der Waals surface area contributed by atoms with Gasteiger partial charge in [-0.1, -0.05) is 12.1 Å². The summed E-state index contributed by atoms with van der Waals surface area (Å²) in [6.45, 7) is 2.41. The van der Waals surface area contributed by atoms with Crippen molar-refractivity contribution in [3.8, 4) is 23.3 Å². The molecule has 30 heavy (non-hydrogen) atoms. The Morgan fingerprint density at radius 2 is 1.73 bits per heavy atom. The van der Waals surface area contributed by atoms with Crippen LogP contribution in [0.2, 0.25) is 0 Å². The molecule has 3 rings (SSSR count). The molecule has 0 spiro atoms. The average Bonchev–Trinajstić information content (AvgIpc) is 3.02. The van der Waals surface area contributed by atoms with E-state index in [4.69, 9.17) is 4.74 Å². The minimum atomic E-state index is -2.89. The zero-order valence-electron chi connectivity index (χ0n) is 16.7. The molecule has 2 aromatic carbocycles. The van der Waals surface area contributed by atoms with Gasteiger partial charge in [0.05, 0.1) is 5.56 Å². The third-order valence-electron chi connectivity index (χ3n) is 4.70. The summed E-state index contributed by atoms with van der Waals surface area (Å²) in [5, 5.41) is 9.20. The predicted octanol–water partition coefficient (Wildman–Crippen LogP) is 5.22. The van der Waals surface area contributed by atoms with Crippen molar-refractivity contribution in [3.63, 3.8) is 0 Å². The highest BCUT2D eigenvalue weighted by atomic mass is 19.3. The van der Waals surface area contributed by atoms with Gasteiger partial charge < -0.3 is 14.0 Å². The van der Waals surface area contributed by atoms with Crippen LogP contribution in [0.5, 0.6) is 11.5 Å². The number of alkyl halides is 2. The Hall–Kier alpha value is -3.66.